The van der Waals surface area contributed by atoms with Gasteiger partial charge in [0.2, 0.25) is 0 Å². The number of ether oxygens (including phenoxy) is 2. The fraction of sp³-hybridized carbons (Fsp3) is 0.364. The van der Waals surface area contributed by atoms with E-state index in [1.807, 2.05) is 0 Å². The molecule has 0 bridgehead atoms. The Labute approximate surface area is 98.3 Å². The van der Waals surface area contributed by atoms with Gasteiger partial charge in [-0.1, -0.05) is 12.2 Å². The molecule has 1 unspecified atom stereocenters. The third kappa shape index (κ3) is 2.48. The van der Waals surface area contributed by atoms with Crippen molar-refractivity contribution in [3.63, 3.8) is 0 Å². The van der Waals surface area contributed by atoms with Gasteiger partial charge in [-0.3, -0.25) is 0 Å². The zero-order valence-corrected chi connectivity index (χ0v) is 9.43. The van der Waals surface area contributed by atoms with Crippen molar-refractivity contribution in [3.8, 4) is 5.75 Å². The molecule has 1 fully saturated rings. The molecule has 1 aliphatic heterocycles. The Morgan fingerprint density at radius 3 is 3.00 bits per heavy atom. The zero-order valence-electron chi connectivity index (χ0n) is 8.61. The second kappa shape index (κ2) is 4.76. The van der Waals surface area contributed by atoms with Crippen molar-refractivity contribution in [1.29, 1.82) is 0 Å². The van der Waals surface area contributed by atoms with Crippen LogP contribution in [0.5, 0.6) is 5.75 Å². The van der Waals surface area contributed by atoms with Crippen LogP contribution in [0.2, 0.25) is 0 Å². The molecule has 1 aliphatic rings. The van der Waals surface area contributed by atoms with Crippen LogP contribution in [-0.2, 0) is 4.74 Å². The summed E-state index contributed by atoms with van der Waals surface area (Å²) in [7, 11) is 0. The van der Waals surface area contributed by atoms with E-state index in [9.17, 15) is 4.39 Å². The van der Waals surface area contributed by atoms with Gasteiger partial charge < -0.3 is 15.2 Å². The maximum Gasteiger partial charge on any atom is 0.130 e. The molecule has 3 nitrogen and oxygen atoms in total. The number of halogens is 1. The van der Waals surface area contributed by atoms with Crippen molar-refractivity contribution in [1.82, 2.24) is 0 Å². The molecule has 0 aliphatic carbocycles. The van der Waals surface area contributed by atoms with E-state index in [1.54, 1.807) is 6.07 Å². The lowest BCUT2D eigenvalue weighted by Gasteiger charge is -2.14. The Morgan fingerprint density at radius 2 is 2.38 bits per heavy atom. The van der Waals surface area contributed by atoms with Gasteiger partial charge in [-0.15, -0.1) is 0 Å². The first-order chi connectivity index (χ1) is 7.66. The van der Waals surface area contributed by atoms with Gasteiger partial charge in [0.1, 0.15) is 22.7 Å². The predicted molar refractivity (Wildman–Crippen MR) is 62.1 cm³/mol. The van der Waals surface area contributed by atoms with Crippen molar-refractivity contribution in [2.45, 2.75) is 12.5 Å². The summed E-state index contributed by atoms with van der Waals surface area (Å²) < 4.78 is 23.9. The molecule has 1 heterocycles. The van der Waals surface area contributed by atoms with E-state index in [-0.39, 0.29) is 16.9 Å². The largest absolute Gasteiger partial charge is 0.487 e. The highest BCUT2D eigenvalue weighted by atomic mass is 32.1. The average molecular weight is 241 g/mol. The van der Waals surface area contributed by atoms with Crippen molar-refractivity contribution in [2.24, 2.45) is 5.73 Å². The summed E-state index contributed by atoms with van der Waals surface area (Å²) in [4.78, 5) is 0.133. The van der Waals surface area contributed by atoms with E-state index < -0.39 is 0 Å². The Morgan fingerprint density at radius 1 is 1.56 bits per heavy atom. The molecule has 1 atom stereocenters. The van der Waals surface area contributed by atoms with Crippen molar-refractivity contribution in [3.05, 3.63) is 29.6 Å². The van der Waals surface area contributed by atoms with E-state index in [0.717, 1.165) is 6.42 Å². The third-order valence-corrected chi connectivity index (χ3v) is 2.61. The number of thiocarbonyl (C=S) groups is 1. The average Bonchev–Trinajstić information content (AvgIpc) is 2.73. The Balaban J connectivity index is 2.21. The summed E-state index contributed by atoms with van der Waals surface area (Å²) in [6.07, 6.45) is 0.826. The topological polar surface area (TPSA) is 44.5 Å². The Hall–Kier alpha value is -1.20. The summed E-state index contributed by atoms with van der Waals surface area (Å²) in [5.74, 6) is 0.141. The van der Waals surface area contributed by atoms with Gasteiger partial charge in [0.05, 0.1) is 18.8 Å². The summed E-state index contributed by atoms with van der Waals surface area (Å²) in [5, 5.41) is 0. The number of benzene rings is 1. The molecule has 1 saturated heterocycles. The SMILES string of the molecule is NC(=S)c1cc(F)ccc1OC1CCOC1. The van der Waals surface area contributed by atoms with Gasteiger partial charge in [0.15, 0.2) is 0 Å². The monoisotopic (exact) mass is 241 g/mol. The summed E-state index contributed by atoms with van der Waals surface area (Å²) in [6.45, 7) is 1.24. The number of nitrogens with two attached hydrogens (primary N) is 1. The molecule has 86 valence electrons. The fourth-order valence-electron chi connectivity index (χ4n) is 1.58. The molecular formula is C11H12FNO2S. The molecule has 0 amide bonds. The van der Waals surface area contributed by atoms with Crippen LogP contribution >= 0.6 is 12.2 Å². The Kier molecular flexibility index (Phi) is 3.36. The minimum atomic E-state index is -0.377. The quantitative estimate of drug-likeness (QED) is 0.817. The molecule has 0 radical (unpaired) electrons. The normalized spacial score (nSPS) is 19.7. The molecule has 0 spiro atoms. The van der Waals surface area contributed by atoms with Crippen LogP contribution in [0.15, 0.2) is 18.2 Å². The maximum absolute atomic E-state index is 13.0. The standard InChI is InChI=1S/C11H12FNO2S/c12-7-1-2-10(9(5-7)11(13)16)15-8-3-4-14-6-8/h1-2,5,8H,3-4,6H2,(H2,13,16). The minimum absolute atomic E-state index is 0.00133. The van der Waals surface area contributed by atoms with Gasteiger partial charge in [-0.25, -0.2) is 4.39 Å². The second-order valence-corrected chi connectivity index (χ2v) is 4.05. The van der Waals surface area contributed by atoms with E-state index in [4.69, 9.17) is 27.4 Å². The van der Waals surface area contributed by atoms with E-state index in [2.05, 4.69) is 0 Å². The lowest BCUT2D eigenvalue weighted by Crippen LogP contribution is -2.19. The summed E-state index contributed by atoms with van der Waals surface area (Å²) >= 11 is 4.85. The smallest absolute Gasteiger partial charge is 0.130 e. The lowest BCUT2D eigenvalue weighted by molar-refractivity contribution is 0.141. The molecule has 2 N–H and O–H groups in total. The molecule has 5 heteroatoms. The summed E-state index contributed by atoms with van der Waals surface area (Å²) in [5.41, 5.74) is 5.94. The van der Waals surface area contributed by atoms with Crippen LogP contribution in [0.4, 0.5) is 4.39 Å². The van der Waals surface area contributed by atoms with E-state index >= 15 is 0 Å². The highest BCUT2D eigenvalue weighted by molar-refractivity contribution is 7.80. The molecule has 1 aromatic carbocycles. The zero-order chi connectivity index (χ0) is 11.5. The first kappa shape index (κ1) is 11.3. The molecule has 16 heavy (non-hydrogen) atoms. The third-order valence-electron chi connectivity index (χ3n) is 2.39. The van der Waals surface area contributed by atoms with Crippen molar-refractivity contribution in [2.75, 3.05) is 13.2 Å². The van der Waals surface area contributed by atoms with Gasteiger partial charge in [0.25, 0.3) is 0 Å². The van der Waals surface area contributed by atoms with Gasteiger partial charge in [-0.2, -0.15) is 0 Å². The van der Waals surface area contributed by atoms with Crippen molar-refractivity contribution >= 4 is 17.2 Å². The van der Waals surface area contributed by atoms with Crippen molar-refractivity contribution < 1.29 is 13.9 Å². The first-order valence-corrected chi connectivity index (χ1v) is 5.41. The number of hydrogen-bond acceptors (Lipinski definition) is 3. The molecule has 0 saturated carbocycles. The fourth-order valence-corrected chi connectivity index (χ4v) is 1.74. The second-order valence-electron chi connectivity index (χ2n) is 3.61. The van der Waals surface area contributed by atoms with Crippen LogP contribution in [0.3, 0.4) is 0 Å². The predicted octanol–water partition coefficient (Wildman–Crippen LogP) is 1.63. The van der Waals surface area contributed by atoms with Gasteiger partial charge in [-0.05, 0) is 18.2 Å². The Bertz CT molecular complexity index is 405. The van der Waals surface area contributed by atoms with Crippen LogP contribution in [0, 0.1) is 5.82 Å². The lowest BCUT2D eigenvalue weighted by atomic mass is 10.2. The maximum atomic E-state index is 13.0. The first-order valence-electron chi connectivity index (χ1n) is 5.00. The van der Waals surface area contributed by atoms with Crippen LogP contribution in [-0.4, -0.2) is 24.3 Å². The minimum Gasteiger partial charge on any atom is -0.487 e. The van der Waals surface area contributed by atoms with Gasteiger partial charge in [0, 0.05) is 6.42 Å². The summed E-state index contributed by atoms with van der Waals surface area (Å²) in [6, 6.07) is 4.16. The molecule has 2 rings (SSSR count). The van der Waals surface area contributed by atoms with E-state index in [0.29, 0.717) is 24.5 Å². The number of hydrogen-bond donors (Lipinski definition) is 1. The van der Waals surface area contributed by atoms with Crippen LogP contribution in [0.1, 0.15) is 12.0 Å². The highest BCUT2D eigenvalue weighted by Gasteiger charge is 2.19. The van der Waals surface area contributed by atoms with Crippen LogP contribution < -0.4 is 10.5 Å². The van der Waals surface area contributed by atoms with Crippen LogP contribution in [0.25, 0.3) is 0 Å². The highest BCUT2D eigenvalue weighted by Crippen LogP contribution is 2.23. The van der Waals surface area contributed by atoms with E-state index in [1.165, 1.54) is 12.1 Å². The molecule has 0 aromatic heterocycles. The molecule has 1 aromatic rings. The molecular weight excluding hydrogens is 229 g/mol. The van der Waals surface area contributed by atoms with Gasteiger partial charge >= 0.3 is 0 Å². The number of rotatable bonds is 3.